The fraction of sp³-hybridized carbons (Fsp3) is 0.261. The second-order valence-electron chi connectivity index (χ2n) is 7.00. The molecular formula is C23H24N2O. The number of hydrogen-bond donors (Lipinski definition) is 0. The van der Waals surface area contributed by atoms with Gasteiger partial charge in [0.05, 0.1) is 0 Å². The van der Waals surface area contributed by atoms with E-state index in [1.165, 1.54) is 22.0 Å². The normalized spacial score (nSPS) is 15.3. The van der Waals surface area contributed by atoms with Crippen molar-refractivity contribution < 1.29 is 4.79 Å². The summed E-state index contributed by atoms with van der Waals surface area (Å²) in [6.45, 7) is 6.75. The summed E-state index contributed by atoms with van der Waals surface area (Å²) in [7, 11) is 0. The first-order chi connectivity index (χ1) is 12.7. The second kappa shape index (κ2) is 7.30. The first-order valence-electron chi connectivity index (χ1n) is 9.26. The molecule has 1 fully saturated rings. The Bertz CT molecular complexity index is 904. The summed E-state index contributed by atoms with van der Waals surface area (Å²) in [4.78, 5) is 16.4. The molecule has 0 spiro atoms. The highest BCUT2D eigenvalue weighted by Gasteiger charge is 2.18. The summed E-state index contributed by atoms with van der Waals surface area (Å²) in [5.41, 5.74) is 3.39. The van der Waals surface area contributed by atoms with Gasteiger partial charge in [-0.25, -0.2) is 0 Å². The Kier molecular flexibility index (Phi) is 4.72. The second-order valence-corrected chi connectivity index (χ2v) is 7.00. The lowest BCUT2D eigenvalue weighted by Gasteiger charge is -2.36. The summed E-state index contributed by atoms with van der Waals surface area (Å²) in [6.07, 6.45) is 0. The average molecular weight is 344 g/mol. The average Bonchev–Trinajstić information content (AvgIpc) is 2.69. The van der Waals surface area contributed by atoms with Crippen LogP contribution in [-0.4, -0.2) is 36.9 Å². The van der Waals surface area contributed by atoms with E-state index in [4.69, 9.17) is 0 Å². The number of benzene rings is 3. The highest BCUT2D eigenvalue weighted by Crippen LogP contribution is 2.22. The molecule has 0 bridgehead atoms. The predicted octanol–water partition coefficient (Wildman–Crippen LogP) is 4.36. The van der Waals surface area contributed by atoms with E-state index < -0.39 is 0 Å². The van der Waals surface area contributed by atoms with Crippen molar-refractivity contribution in [2.24, 2.45) is 0 Å². The third kappa shape index (κ3) is 3.49. The number of piperazine rings is 1. The molecule has 1 aliphatic rings. The Morgan fingerprint density at radius 3 is 2.27 bits per heavy atom. The lowest BCUT2D eigenvalue weighted by molar-refractivity contribution is 0.101. The van der Waals surface area contributed by atoms with Gasteiger partial charge in [-0.2, -0.15) is 0 Å². The summed E-state index contributed by atoms with van der Waals surface area (Å²) in [5, 5.41) is 2.67. The maximum Gasteiger partial charge on any atom is 0.159 e. The zero-order valence-corrected chi connectivity index (χ0v) is 15.2. The standard InChI is InChI=1S/C23H24N2O/c1-18(26)19-9-11-22(12-10-19)25-15-13-24(14-16-25)17-21-7-4-6-20-5-2-3-8-23(20)21/h2-12H,13-17H2,1H3. The number of carbonyl (C=O) groups excluding carboxylic acids is 1. The SMILES string of the molecule is CC(=O)c1ccc(N2CCN(Cc3cccc4ccccc34)CC2)cc1. The molecule has 3 nitrogen and oxygen atoms in total. The maximum absolute atomic E-state index is 11.4. The highest BCUT2D eigenvalue weighted by atomic mass is 16.1. The van der Waals surface area contributed by atoms with Crippen molar-refractivity contribution in [1.82, 2.24) is 4.90 Å². The maximum atomic E-state index is 11.4. The topological polar surface area (TPSA) is 23.6 Å². The number of ketones is 1. The molecule has 0 N–H and O–H groups in total. The number of Topliss-reactive ketones (excluding diaryl/α,β-unsaturated/α-hetero) is 1. The van der Waals surface area contributed by atoms with Gasteiger partial charge >= 0.3 is 0 Å². The lowest BCUT2D eigenvalue weighted by atomic mass is 10.0. The monoisotopic (exact) mass is 344 g/mol. The van der Waals surface area contributed by atoms with Gasteiger partial charge in [-0.05, 0) is 47.5 Å². The van der Waals surface area contributed by atoms with E-state index in [1.54, 1.807) is 6.92 Å². The van der Waals surface area contributed by atoms with Gasteiger partial charge in [0.1, 0.15) is 0 Å². The third-order valence-electron chi connectivity index (χ3n) is 5.29. The first kappa shape index (κ1) is 16.8. The van der Waals surface area contributed by atoms with Crippen LogP contribution in [-0.2, 0) is 6.54 Å². The highest BCUT2D eigenvalue weighted by molar-refractivity contribution is 5.94. The van der Waals surface area contributed by atoms with E-state index in [0.717, 1.165) is 38.3 Å². The van der Waals surface area contributed by atoms with Gasteiger partial charge in [0.2, 0.25) is 0 Å². The third-order valence-corrected chi connectivity index (χ3v) is 5.29. The Labute approximate surface area is 154 Å². The van der Waals surface area contributed by atoms with Gasteiger partial charge in [0.25, 0.3) is 0 Å². The van der Waals surface area contributed by atoms with Crippen LogP contribution in [0.1, 0.15) is 22.8 Å². The number of fused-ring (bicyclic) bond motifs is 1. The van der Waals surface area contributed by atoms with Crippen molar-refractivity contribution >= 4 is 22.2 Å². The largest absolute Gasteiger partial charge is 0.369 e. The molecular weight excluding hydrogens is 320 g/mol. The first-order valence-corrected chi connectivity index (χ1v) is 9.26. The molecule has 1 heterocycles. The molecule has 4 rings (SSSR count). The smallest absolute Gasteiger partial charge is 0.159 e. The zero-order chi connectivity index (χ0) is 17.9. The molecule has 1 aliphatic heterocycles. The van der Waals surface area contributed by atoms with E-state index in [2.05, 4.69) is 64.4 Å². The number of rotatable bonds is 4. The van der Waals surface area contributed by atoms with Crippen LogP contribution in [0.15, 0.2) is 66.7 Å². The van der Waals surface area contributed by atoms with Crippen LogP contribution < -0.4 is 4.90 Å². The summed E-state index contributed by atoms with van der Waals surface area (Å²) in [6, 6.07) is 23.2. The van der Waals surface area contributed by atoms with Gasteiger partial charge in [0, 0.05) is 44.0 Å². The van der Waals surface area contributed by atoms with Gasteiger partial charge < -0.3 is 4.90 Å². The van der Waals surface area contributed by atoms with Crippen molar-refractivity contribution in [1.29, 1.82) is 0 Å². The lowest BCUT2D eigenvalue weighted by Crippen LogP contribution is -2.46. The fourth-order valence-electron chi connectivity index (χ4n) is 3.74. The minimum atomic E-state index is 0.122. The zero-order valence-electron chi connectivity index (χ0n) is 15.2. The Balaban J connectivity index is 1.41. The van der Waals surface area contributed by atoms with Crippen LogP contribution in [0.2, 0.25) is 0 Å². The number of nitrogens with zero attached hydrogens (tertiary/aromatic N) is 2. The van der Waals surface area contributed by atoms with Gasteiger partial charge in [0.15, 0.2) is 5.78 Å². The van der Waals surface area contributed by atoms with Crippen molar-refractivity contribution in [2.75, 3.05) is 31.1 Å². The molecule has 1 saturated heterocycles. The van der Waals surface area contributed by atoms with Gasteiger partial charge in [-0.1, -0.05) is 42.5 Å². The molecule has 0 atom stereocenters. The molecule has 0 radical (unpaired) electrons. The minimum absolute atomic E-state index is 0.122. The molecule has 3 aromatic rings. The molecule has 3 heteroatoms. The van der Waals surface area contributed by atoms with E-state index in [0.29, 0.717) is 0 Å². The van der Waals surface area contributed by atoms with Crippen molar-refractivity contribution in [3.8, 4) is 0 Å². The quantitative estimate of drug-likeness (QED) is 0.657. The van der Waals surface area contributed by atoms with Crippen molar-refractivity contribution in [3.63, 3.8) is 0 Å². The molecule has 3 aromatic carbocycles. The Hall–Kier alpha value is -2.65. The van der Waals surface area contributed by atoms with Crippen molar-refractivity contribution in [3.05, 3.63) is 77.9 Å². The Morgan fingerprint density at radius 2 is 1.54 bits per heavy atom. The van der Waals surface area contributed by atoms with Crippen LogP contribution in [0.25, 0.3) is 10.8 Å². The van der Waals surface area contributed by atoms with E-state index in [-0.39, 0.29) is 5.78 Å². The number of hydrogen-bond acceptors (Lipinski definition) is 3. The fourth-order valence-corrected chi connectivity index (χ4v) is 3.74. The number of anilines is 1. The molecule has 0 aliphatic carbocycles. The summed E-state index contributed by atoms with van der Waals surface area (Å²) in [5.74, 6) is 0.122. The van der Waals surface area contributed by atoms with Crippen LogP contribution in [0.3, 0.4) is 0 Å². The summed E-state index contributed by atoms with van der Waals surface area (Å²) < 4.78 is 0. The predicted molar refractivity (Wildman–Crippen MR) is 108 cm³/mol. The summed E-state index contributed by atoms with van der Waals surface area (Å²) >= 11 is 0. The van der Waals surface area contributed by atoms with Crippen LogP contribution in [0.4, 0.5) is 5.69 Å². The van der Waals surface area contributed by atoms with Crippen molar-refractivity contribution in [2.45, 2.75) is 13.5 Å². The molecule has 0 unspecified atom stereocenters. The molecule has 132 valence electrons. The van der Waals surface area contributed by atoms with E-state index in [9.17, 15) is 4.79 Å². The van der Waals surface area contributed by atoms with Gasteiger partial charge in [-0.3, -0.25) is 9.69 Å². The van der Waals surface area contributed by atoms with Crippen LogP contribution in [0, 0.1) is 0 Å². The van der Waals surface area contributed by atoms with E-state index >= 15 is 0 Å². The van der Waals surface area contributed by atoms with Crippen LogP contribution in [0.5, 0.6) is 0 Å². The Morgan fingerprint density at radius 1 is 0.846 bits per heavy atom. The molecule has 0 amide bonds. The van der Waals surface area contributed by atoms with Crippen LogP contribution >= 0.6 is 0 Å². The van der Waals surface area contributed by atoms with E-state index in [1.807, 2.05) is 12.1 Å². The molecule has 0 aromatic heterocycles. The molecule has 0 saturated carbocycles. The van der Waals surface area contributed by atoms with Gasteiger partial charge in [-0.15, -0.1) is 0 Å². The minimum Gasteiger partial charge on any atom is -0.369 e. The number of carbonyl (C=O) groups is 1. The molecule has 26 heavy (non-hydrogen) atoms.